The number of guanidine groups is 1. The highest BCUT2D eigenvalue weighted by molar-refractivity contribution is 14.0. The van der Waals surface area contributed by atoms with E-state index in [-0.39, 0.29) is 29.9 Å². The van der Waals surface area contributed by atoms with Gasteiger partial charge in [-0.25, -0.2) is 12.7 Å². The summed E-state index contributed by atoms with van der Waals surface area (Å²) < 4.78 is 24.0. The van der Waals surface area contributed by atoms with Gasteiger partial charge in [0.1, 0.15) is 0 Å². The quantitative estimate of drug-likeness (QED) is 0.407. The summed E-state index contributed by atoms with van der Waals surface area (Å²) in [5.41, 5.74) is 8.04. The van der Waals surface area contributed by atoms with Gasteiger partial charge in [-0.15, -0.1) is 24.0 Å². The van der Waals surface area contributed by atoms with Crippen molar-refractivity contribution >= 4 is 45.6 Å². The zero-order valence-corrected chi connectivity index (χ0v) is 16.8. The first-order valence-electron chi connectivity index (χ1n) is 7.37. The van der Waals surface area contributed by atoms with Crippen LogP contribution in [0.15, 0.2) is 29.3 Å². The Bertz CT molecular complexity index is 655. The SMILES string of the molecule is CC(C)c1cccc(NC(N)=NCC2CN(S(C)(=O)=O)C2)c1.I. The van der Waals surface area contributed by atoms with E-state index in [9.17, 15) is 8.42 Å². The molecule has 0 atom stereocenters. The molecule has 0 radical (unpaired) electrons. The molecule has 1 heterocycles. The zero-order valence-electron chi connectivity index (χ0n) is 13.7. The van der Waals surface area contributed by atoms with Gasteiger partial charge in [0.15, 0.2) is 5.96 Å². The molecule has 6 nitrogen and oxygen atoms in total. The standard InChI is InChI=1S/C15H24N4O2S.HI/c1-11(2)13-5-4-6-14(7-13)18-15(16)17-8-12-9-19(10-12)22(3,20)21;/h4-7,11-12H,8-10H2,1-3H3,(H3,16,17,18);1H. The van der Waals surface area contributed by atoms with Crippen LogP contribution in [0.2, 0.25) is 0 Å². The van der Waals surface area contributed by atoms with Crippen molar-refractivity contribution in [1.29, 1.82) is 0 Å². The van der Waals surface area contributed by atoms with E-state index in [0.29, 0.717) is 31.5 Å². The van der Waals surface area contributed by atoms with Crippen LogP contribution in [0.25, 0.3) is 0 Å². The molecule has 0 bridgehead atoms. The zero-order chi connectivity index (χ0) is 16.3. The molecule has 8 heteroatoms. The largest absolute Gasteiger partial charge is 0.370 e. The lowest BCUT2D eigenvalue weighted by atomic mass is 10.0. The molecule has 23 heavy (non-hydrogen) atoms. The van der Waals surface area contributed by atoms with E-state index >= 15 is 0 Å². The minimum Gasteiger partial charge on any atom is -0.370 e. The topological polar surface area (TPSA) is 87.8 Å². The first-order valence-corrected chi connectivity index (χ1v) is 9.22. The third-order valence-electron chi connectivity index (χ3n) is 3.74. The predicted octanol–water partition coefficient (Wildman–Crippen LogP) is 2.05. The molecule has 1 fully saturated rings. The van der Waals surface area contributed by atoms with E-state index < -0.39 is 10.0 Å². The fourth-order valence-electron chi connectivity index (χ4n) is 2.30. The van der Waals surface area contributed by atoms with Gasteiger partial charge < -0.3 is 11.1 Å². The lowest BCUT2D eigenvalue weighted by Crippen LogP contribution is -2.50. The monoisotopic (exact) mass is 452 g/mol. The highest BCUT2D eigenvalue weighted by Gasteiger charge is 2.32. The Morgan fingerprint density at radius 3 is 2.65 bits per heavy atom. The molecule has 0 amide bonds. The summed E-state index contributed by atoms with van der Waals surface area (Å²) in [4.78, 5) is 4.29. The number of halogens is 1. The van der Waals surface area contributed by atoms with Gasteiger partial charge in [-0.2, -0.15) is 0 Å². The lowest BCUT2D eigenvalue weighted by Gasteiger charge is -2.36. The summed E-state index contributed by atoms with van der Waals surface area (Å²) in [5, 5.41) is 3.08. The molecular formula is C15H25IN4O2S. The van der Waals surface area contributed by atoms with Gasteiger partial charge >= 0.3 is 0 Å². The Morgan fingerprint density at radius 2 is 2.09 bits per heavy atom. The van der Waals surface area contributed by atoms with Gasteiger partial charge in [-0.3, -0.25) is 4.99 Å². The maximum atomic E-state index is 11.3. The van der Waals surface area contributed by atoms with Crippen molar-refractivity contribution < 1.29 is 8.42 Å². The average molecular weight is 452 g/mol. The highest BCUT2D eigenvalue weighted by atomic mass is 127. The van der Waals surface area contributed by atoms with Crippen molar-refractivity contribution in [3.8, 4) is 0 Å². The Kier molecular flexibility index (Phi) is 7.28. The van der Waals surface area contributed by atoms with Crippen LogP contribution in [-0.4, -0.2) is 44.6 Å². The second-order valence-corrected chi connectivity index (χ2v) is 8.06. The van der Waals surface area contributed by atoms with E-state index in [4.69, 9.17) is 5.73 Å². The Labute approximate surface area is 155 Å². The first-order chi connectivity index (χ1) is 10.3. The van der Waals surface area contributed by atoms with Crippen molar-refractivity contribution in [1.82, 2.24) is 4.31 Å². The van der Waals surface area contributed by atoms with E-state index in [1.807, 2.05) is 12.1 Å². The number of rotatable bonds is 5. The molecule has 0 spiro atoms. The van der Waals surface area contributed by atoms with Gasteiger partial charge in [0.25, 0.3) is 0 Å². The highest BCUT2D eigenvalue weighted by Crippen LogP contribution is 2.20. The summed E-state index contributed by atoms with van der Waals surface area (Å²) in [5.74, 6) is 1.06. The molecule has 0 aliphatic carbocycles. The van der Waals surface area contributed by atoms with Crippen LogP contribution in [0.5, 0.6) is 0 Å². The van der Waals surface area contributed by atoms with E-state index in [1.165, 1.54) is 16.1 Å². The van der Waals surface area contributed by atoms with Crippen molar-refractivity contribution in [3.63, 3.8) is 0 Å². The number of sulfonamides is 1. The van der Waals surface area contributed by atoms with Gasteiger partial charge in [0.2, 0.25) is 10.0 Å². The molecule has 2 rings (SSSR count). The number of nitrogens with zero attached hydrogens (tertiary/aromatic N) is 2. The van der Waals surface area contributed by atoms with Crippen molar-refractivity contribution in [2.45, 2.75) is 19.8 Å². The number of benzene rings is 1. The van der Waals surface area contributed by atoms with Crippen LogP contribution in [0.4, 0.5) is 5.69 Å². The van der Waals surface area contributed by atoms with Crippen molar-refractivity contribution in [3.05, 3.63) is 29.8 Å². The Hall–Kier alpha value is -0.870. The van der Waals surface area contributed by atoms with Crippen LogP contribution in [0.3, 0.4) is 0 Å². The Morgan fingerprint density at radius 1 is 1.43 bits per heavy atom. The minimum absolute atomic E-state index is 0. The number of hydrogen-bond acceptors (Lipinski definition) is 3. The summed E-state index contributed by atoms with van der Waals surface area (Å²) in [7, 11) is -3.06. The molecule has 0 unspecified atom stereocenters. The van der Waals surface area contributed by atoms with Crippen LogP contribution >= 0.6 is 24.0 Å². The summed E-state index contributed by atoms with van der Waals surface area (Å²) in [6, 6.07) is 8.07. The van der Waals surface area contributed by atoms with Crippen LogP contribution < -0.4 is 11.1 Å². The maximum Gasteiger partial charge on any atom is 0.211 e. The second-order valence-electron chi connectivity index (χ2n) is 6.08. The number of anilines is 1. The normalized spacial score (nSPS) is 16.8. The van der Waals surface area contributed by atoms with Gasteiger partial charge in [0, 0.05) is 31.2 Å². The third-order valence-corrected chi connectivity index (χ3v) is 4.97. The fourth-order valence-corrected chi connectivity index (χ4v) is 3.26. The number of nitrogens with two attached hydrogens (primary N) is 1. The van der Waals surface area contributed by atoms with E-state index in [2.05, 4.69) is 36.3 Å². The Balaban J connectivity index is 0.00000264. The molecule has 1 aliphatic heterocycles. The van der Waals surface area contributed by atoms with Crippen LogP contribution in [-0.2, 0) is 10.0 Å². The smallest absolute Gasteiger partial charge is 0.211 e. The molecule has 0 aromatic heterocycles. The summed E-state index contributed by atoms with van der Waals surface area (Å²) in [6.45, 7) is 5.87. The molecule has 3 N–H and O–H groups in total. The average Bonchev–Trinajstić information content (AvgIpc) is 2.35. The lowest BCUT2D eigenvalue weighted by molar-refractivity contribution is 0.209. The minimum atomic E-state index is -3.06. The van der Waals surface area contributed by atoms with Crippen LogP contribution in [0.1, 0.15) is 25.3 Å². The molecule has 0 saturated carbocycles. The summed E-state index contributed by atoms with van der Waals surface area (Å²) in [6.07, 6.45) is 1.23. The number of nitrogens with one attached hydrogen (secondary N) is 1. The molecule has 130 valence electrons. The number of hydrogen-bond donors (Lipinski definition) is 2. The molecule has 1 saturated heterocycles. The molecule has 1 aromatic carbocycles. The van der Waals surface area contributed by atoms with Gasteiger partial charge in [-0.1, -0.05) is 26.0 Å². The fraction of sp³-hybridized carbons (Fsp3) is 0.533. The molecule has 1 aromatic rings. The van der Waals surface area contributed by atoms with Crippen molar-refractivity contribution in [2.75, 3.05) is 31.2 Å². The van der Waals surface area contributed by atoms with Crippen LogP contribution in [0, 0.1) is 5.92 Å². The van der Waals surface area contributed by atoms with Gasteiger partial charge in [0.05, 0.1) is 6.26 Å². The van der Waals surface area contributed by atoms with Gasteiger partial charge in [-0.05, 0) is 23.6 Å². The van der Waals surface area contributed by atoms with E-state index in [0.717, 1.165) is 5.69 Å². The molecule has 1 aliphatic rings. The second kappa shape index (κ2) is 8.29. The van der Waals surface area contributed by atoms with E-state index in [1.54, 1.807) is 0 Å². The third kappa shape index (κ3) is 5.92. The number of aliphatic imine (C=N–C) groups is 1. The first kappa shape index (κ1) is 20.2. The predicted molar refractivity (Wildman–Crippen MR) is 106 cm³/mol. The maximum absolute atomic E-state index is 11.3. The molecular weight excluding hydrogens is 427 g/mol. The van der Waals surface area contributed by atoms with Crippen molar-refractivity contribution in [2.24, 2.45) is 16.6 Å². The summed E-state index contributed by atoms with van der Waals surface area (Å²) >= 11 is 0.